The van der Waals surface area contributed by atoms with Gasteiger partial charge in [0.15, 0.2) is 0 Å². The fraction of sp³-hybridized carbons (Fsp3) is 0.400. The van der Waals surface area contributed by atoms with E-state index in [9.17, 15) is 0 Å². The number of rotatable bonds is 4. The van der Waals surface area contributed by atoms with E-state index in [4.69, 9.17) is 27.2 Å². The number of para-hydroxylation sites is 1. The molecule has 0 aliphatic heterocycles. The van der Waals surface area contributed by atoms with Gasteiger partial charge in [-0.05, 0) is 13.0 Å². The molecular weight excluding hydrogens is 202 g/mol. The van der Waals surface area contributed by atoms with Gasteiger partial charge in [-0.3, -0.25) is 0 Å². The van der Waals surface area contributed by atoms with Crippen LogP contribution in [-0.4, -0.2) is 17.8 Å². The standard InChI is InChI=1S/C10H14ClNO2/c1-7(13)6-14-10-8(5-12)3-2-4-9(10)11/h2-4,7,13H,5-6,12H2,1H3. The van der Waals surface area contributed by atoms with E-state index in [2.05, 4.69) is 0 Å². The van der Waals surface area contributed by atoms with E-state index in [0.717, 1.165) is 5.56 Å². The summed E-state index contributed by atoms with van der Waals surface area (Å²) in [5.41, 5.74) is 6.37. The molecular formula is C10H14ClNO2. The van der Waals surface area contributed by atoms with Crippen LogP contribution in [0.3, 0.4) is 0 Å². The first kappa shape index (κ1) is 11.3. The Morgan fingerprint density at radius 3 is 2.86 bits per heavy atom. The molecule has 14 heavy (non-hydrogen) atoms. The maximum Gasteiger partial charge on any atom is 0.142 e. The Morgan fingerprint density at radius 2 is 2.29 bits per heavy atom. The molecule has 0 saturated carbocycles. The van der Waals surface area contributed by atoms with Gasteiger partial charge in [0.25, 0.3) is 0 Å². The zero-order chi connectivity index (χ0) is 10.6. The summed E-state index contributed by atoms with van der Waals surface area (Å²) in [5, 5.41) is 9.59. The van der Waals surface area contributed by atoms with Gasteiger partial charge < -0.3 is 15.6 Å². The van der Waals surface area contributed by atoms with Gasteiger partial charge in [0.1, 0.15) is 12.4 Å². The molecule has 3 nitrogen and oxygen atoms in total. The van der Waals surface area contributed by atoms with Crippen LogP contribution in [0.5, 0.6) is 5.75 Å². The second-order valence-electron chi connectivity index (χ2n) is 3.09. The van der Waals surface area contributed by atoms with Gasteiger partial charge in [-0.25, -0.2) is 0 Å². The van der Waals surface area contributed by atoms with E-state index in [1.807, 2.05) is 12.1 Å². The first-order valence-electron chi connectivity index (χ1n) is 4.43. The molecule has 0 spiro atoms. The van der Waals surface area contributed by atoms with Crippen molar-refractivity contribution in [3.8, 4) is 5.75 Å². The smallest absolute Gasteiger partial charge is 0.142 e. The summed E-state index contributed by atoms with van der Waals surface area (Å²) in [6.07, 6.45) is -0.517. The third-order valence-electron chi connectivity index (χ3n) is 1.74. The van der Waals surface area contributed by atoms with Crippen molar-refractivity contribution in [3.05, 3.63) is 28.8 Å². The number of nitrogens with two attached hydrogens (primary N) is 1. The minimum atomic E-state index is -0.517. The number of benzene rings is 1. The highest BCUT2D eigenvalue weighted by molar-refractivity contribution is 6.32. The molecule has 1 aromatic carbocycles. The lowest BCUT2D eigenvalue weighted by atomic mass is 10.2. The summed E-state index contributed by atoms with van der Waals surface area (Å²) in [6.45, 7) is 2.24. The minimum absolute atomic E-state index is 0.219. The summed E-state index contributed by atoms with van der Waals surface area (Å²) in [6, 6.07) is 5.40. The lowest BCUT2D eigenvalue weighted by Gasteiger charge is -2.12. The van der Waals surface area contributed by atoms with Crippen LogP contribution < -0.4 is 10.5 Å². The van der Waals surface area contributed by atoms with Crippen molar-refractivity contribution < 1.29 is 9.84 Å². The van der Waals surface area contributed by atoms with Crippen LogP contribution in [0, 0.1) is 0 Å². The summed E-state index contributed by atoms with van der Waals surface area (Å²) < 4.78 is 5.36. The summed E-state index contributed by atoms with van der Waals surface area (Å²) in [4.78, 5) is 0. The van der Waals surface area contributed by atoms with Crippen molar-refractivity contribution in [1.82, 2.24) is 0 Å². The van der Waals surface area contributed by atoms with Crippen LogP contribution in [0.2, 0.25) is 5.02 Å². The van der Waals surface area contributed by atoms with Crippen molar-refractivity contribution in [2.24, 2.45) is 5.73 Å². The quantitative estimate of drug-likeness (QED) is 0.802. The Kier molecular flexibility index (Phi) is 4.20. The first-order valence-corrected chi connectivity index (χ1v) is 4.81. The predicted molar refractivity (Wildman–Crippen MR) is 56.5 cm³/mol. The second-order valence-corrected chi connectivity index (χ2v) is 3.50. The van der Waals surface area contributed by atoms with E-state index in [0.29, 0.717) is 17.3 Å². The molecule has 78 valence electrons. The fourth-order valence-corrected chi connectivity index (χ4v) is 1.33. The van der Waals surface area contributed by atoms with Gasteiger partial charge in [-0.2, -0.15) is 0 Å². The second kappa shape index (κ2) is 5.20. The van der Waals surface area contributed by atoms with E-state index in [1.165, 1.54) is 0 Å². The van der Waals surface area contributed by atoms with Crippen molar-refractivity contribution in [1.29, 1.82) is 0 Å². The molecule has 0 aliphatic rings. The molecule has 1 unspecified atom stereocenters. The van der Waals surface area contributed by atoms with Crippen LogP contribution in [-0.2, 0) is 6.54 Å². The van der Waals surface area contributed by atoms with Crippen molar-refractivity contribution in [3.63, 3.8) is 0 Å². The average Bonchev–Trinajstić information content (AvgIpc) is 2.15. The van der Waals surface area contributed by atoms with Crippen LogP contribution in [0.15, 0.2) is 18.2 Å². The molecule has 1 atom stereocenters. The molecule has 3 N–H and O–H groups in total. The van der Waals surface area contributed by atoms with E-state index in [-0.39, 0.29) is 6.61 Å². The van der Waals surface area contributed by atoms with Crippen molar-refractivity contribution in [2.45, 2.75) is 19.6 Å². The molecule has 1 rings (SSSR count). The molecule has 0 aromatic heterocycles. The lowest BCUT2D eigenvalue weighted by Crippen LogP contribution is -2.14. The normalized spacial score (nSPS) is 12.6. The molecule has 4 heteroatoms. The van der Waals surface area contributed by atoms with Crippen LogP contribution in [0.25, 0.3) is 0 Å². The molecule has 0 saturated heterocycles. The largest absolute Gasteiger partial charge is 0.489 e. The molecule has 0 aliphatic carbocycles. The van der Waals surface area contributed by atoms with Crippen LogP contribution in [0.4, 0.5) is 0 Å². The van der Waals surface area contributed by atoms with Gasteiger partial charge in [-0.1, -0.05) is 23.7 Å². The van der Waals surface area contributed by atoms with Gasteiger partial charge in [0, 0.05) is 12.1 Å². The van der Waals surface area contributed by atoms with Crippen molar-refractivity contribution in [2.75, 3.05) is 6.61 Å². The molecule has 1 aromatic rings. The van der Waals surface area contributed by atoms with Gasteiger partial charge in [0.2, 0.25) is 0 Å². The number of hydrogen-bond acceptors (Lipinski definition) is 3. The maximum atomic E-state index is 9.07. The topological polar surface area (TPSA) is 55.5 Å². The molecule has 0 heterocycles. The Hall–Kier alpha value is -0.770. The summed E-state index contributed by atoms with van der Waals surface area (Å²) >= 11 is 5.93. The Bertz CT molecular complexity index is 302. The highest BCUT2D eigenvalue weighted by Gasteiger charge is 2.07. The molecule has 0 fully saturated rings. The zero-order valence-electron chi connectivity index (χ0n) is 8.03. The fourth-order valence-electron chi connectivity index (χ4n) is 1.08. The lowest BCUT2D eigenvalue weighted by molar-refractivity contribution is 0.122. The third kappa shape index (κ3) is 2.87. The predicted octanol–water partition coefficient (Wildman–Crippen LogP) is 1.56. The Morgan fingerprint density at radius 1 is 1.57 bits per heavy atom. The summed E-state index contributed by atoms with van der Waals surface area (Å²) in [5.74, 6) is 0.567. The molecule has 0 bridgehead atoms. The monoisotopic (exact) mass is 215 g/mol. The summed E-state index contributed by atoms with van der Waals surface area (Å²) in [7, 11) is 0. The van der Waals surface area contributed by atoms with Gasteiger partial charge >= 0.3 is 0 Å². The number of halogens is 1. The first-order chi connectivity index (χ1) is 6.65. The van der Waals surface area contributed by atoms with Gasteiger partial charge in [-0.15, -0.1) is 0 Å². The SMILES string of the molecule is CC(O)COc1c(Cl)cccc1CN. The zero-order valence-corrected chi connectivity index (χ0v) is 8.79. The third-order valence-corrected chi connectivity index (χ3v) is 2.03. The molecule has 0 amide bonds. The molecule has 0 radical (unpaired) electrons. The van der Waals surface area contributed by atoms with E-state index in [1.54, 1.807) is 13.0 Å². The maximum absolute atomic E-state index is 9.07. The number of aliphatic hydroxyl groups excluding tert-OH is 1. The minimum Gasteiger partial charge on any atom is -0.489 e. The van der Waals surface area contributed by atoms with E-state index >= 15 is 0 Å². The number of ether oxygens (including phenoxy) is 1. The Balaban J connectivity index is 2.82. The van der Waals surface area contributed by atoms with Crippen molar-refractivity contribution >= 4 is 11.6 Å². The number of hydrogen-bond donors (Lipinski definition) is 2. The Labute approximate surface area is 88.4 Å². The average molecular weight is 216 g/mol. The van der Waals surface area contributed by atoms with E-state index < -0.39 is 6.10 Å². The van der Waals surface area contributed by atoms with Crippen LogP contribution in [0.1, 0.15) is 12.5 Å². The number of aliphatic hydroxyl groups is 1. The highest BCUT2D eigenvalue weighted by Crippen LogP contribution is 2.28. The van der Waals surface area contributed by atoms with Gasteiger partial charge in [0.05, 0.1) is 11.1 Å². The van der Waals surface area contributed by atoms with Crippen LogP contribution >= 0.6 is 11.6 Å². The highest BCUT2D eigenvalue weighted by atomic mass is 35.5.